The second-order valence-corrected chi connectivity index (χ2v) is 6.99. The summed E-state index contributed by atoms with van der Waals surface area (Å²) in [7, 11) is -4.09. The molecule has 0 radical (unpaired) electrons. The molecule has 0 fully saturated rings. The lowest BCUT2D eigenvalue weighted by Crippen LogP contribution is -2.24. The lowest BCUT2D eigenvalue weighted by atomic mass is 10.2. The Morgan fingerprint density at radius 1 is 1.25 bits per heavy atom. The van der Waals surface area contributed by atoms with Crippen molar-refractivity contribution < 1.29 is 17.2 Å². The number of thiophene rings is 1. The van der Waals surface area contributed by atoms with Crippen LogP contribution in [0.25, 0.3) is 0 Å². The summed E-state index contributed by atoms with van der Waals surface area (Å²) >= 11 is 6.93. The van der Waals surface area contributed by atoms with Gasteiger partial charge in [-0.2, -0.15) is 11.3 Å². The average Bonchev–Trinajstić information content (AvgIpc) is 2.77. The van der Waals surface area contributed by atoms with Crippen LogP contribution in [0.5, 0.6) is 0 Å². The molecular formula is C12H10ClF2NO2S2. The summed E-state index contributed by atoms with van der Waals surface area (Å²) < 4.78 is 52.8. The van der Waals surface area contributed by atoms with Crippen LogP contribution in [-0.4, -0.2) is 8.42 Å². The summed E-state index contributed by atoms with van der Waals surface area (Å²) in [5, 5.41) is 3.23. The van der Waals surface area contributed by atoms with Gasteiger partial charge in [0.2, 0.25) is 10.0 Å². The molecule has 3 nitrogen and oxygen atoms in total. The highest BCUT2D eigenvalue weighted by atomic mass is 35.5. The number of aryl methyl sites for hydroxylation is 1. The molecule has 1 aromatic carbocycles. The third-order valence-electron chi connectivity index (χ3n) is 2.68. The van der Waals surface area contributed by atoms with Crippen LogP contribution in [-0.2, 0) is 16.6 Å². The van der Waals surface area contributed by atoms with E-state index in [1.54, 1.807) is 5.38 Å². The van der Waals surface area contributed by atoms with Gasteiger partial charge in [0, 0.05) is 12.6 Å². The van der Waals surface area contributed by atoms with Crippen molar-refractivity contribution in [1.29, 1.82) is 0 Å². The van der Waals surface area contributed by atoms with Crippen molar-refractivity contribution in [3.05, 3.63) is 50.7 Å². The van der Waals surface area contributed by atoms with Gasteiger partial charge in [0.25, 0.3) is 0 Å². The van der Waals surface area contributed by atoms with Crippen molar-refractivity contribution in [2.75, 3.05) is 0 Å². The van der Waals surface area contributed by atoms with Gasteiger partial charge >= 0.3 is 0 Å². The molecule has 0 amide bonds. The Labute approximate surface area is 124 Å². The third kappa shape index (κ3) is 3.17. The molecule has 0 spiro atoms. The Balaban J connectivity index is 2.27. The molecular weight excluding hydrogens is 328 g/mol. The molecule has 20 heavy (non-hydrogen) atoms. The van der Waals surface area contributed by atoms with E-state index in [1.165, 1.54) is 11.3 Å². The van der Waals surface area contributed by atoms with Crippen LogP contribution in [0.4, 0.5) is 8.78 Å². The van der Waals surface area contributed by atoms with Crippen LogP contribution in [0.1, 0.15) is 11.1 Å². The lowest BCUT2D eigenvalue weighted by Gasteiger charge is -2.08. The Kier molecular flexibility index (Phi) is 4.43. The van der Waals surface area contributed by atoms with Gasteiger partial charge in [-0.05, 0) is 34.9 Å². The van der Waals surface area contributed by atoms with Gasteiger partial charge in [0.15, 0.2) is 0 Å². The van der Waals surface area contributed by atoms with E-state index in [-0.39, 0.29) is 6.54 Å². The minimum Gasteiger partial charge on any atom is -0.207 e. The molecule has 1 heterocycles. The van der Waals surface area contributed by atoms with E-state index < -0.39 is 31.6 Å². The molecule has 0 bridgehead atoms. The lowest BCUT2D eigenvalue weighted by molar-refractivity contribution is 0.543. The number of halogens is 3. The molecule has 1 N–H and O–H groups in total. The Morgan fingerprint density at radius 3 is 2.55 bits per heavy atom. The molecule has 8 heteroatoms. The van der Waals surface area contributed by atoms with Crippen molar-refractivity contribution in [3.8, 4) is 0 Å². The fourth-order valence-electron chi connectivity index (χ4n) is 1.53. The van der Waals surface area contributed by atoms with Gasteiger partial charge in [0.1, 0.15) is 16.5 Å². The molecule has 108 valence electrons. The normalized spacial score (nSPS) is 11.8. The molecule has 0 aliphatic heterocycles. The van der Waals surface area contributed by atoms with E-state index in [0.717, 1.165) is 17.2 Å². The highest BCUT2D eigenvalue weighted by molar-refractivity contribution is 7.89. The first kappa shape index (κ1) is 15.4. The fourth-order valence-corrected chi connectivity index (χ4v) is 3.70. The van der Waals surface area contributed by atoms with Gasteiger partial charge in [0.05, 0.1) is 5.02 Å². The largest absolute Gasteiger partial charge is 0.243 e. The second-order valence-electron chi connectivity index (χ2n) is 4.10. The average molecular weight is 338 g/mol. The highest BCUT2D eigenvalue weighted by Gasteiger charge is 2.21. The minimum atomic E-state index is -4.09. The molecule has 0 aliphatic carbocycles. The predicted molar refractivity (Wildman–Crippen MR) is 74.4 cm³/mol. The first-order valence-corrected chi connectivity index (χ1v) is 8.27. The summed E-state index contributed by atoms with van der Waals surface area (Å²) in [5.41, 5.74) is 1.74. The van der Waals surface area contributed by atoms with Gasteiger partial charge in [-0.25, -0.2) is 21.9 Å². The maximum absolute atomic E-state index is 13.6. The summed E-state index contributed by atoms with van der Waals surface area (Å²) in [6.07, 6.45) is 0. The van der Waals surface area contributed by atoms with Crippen molar-refractivity contribution in [2.45, 2.75) is 18.4 Å². The van der Waals surface area contributed by atoms with Crippen LogP contribution in [0.2, 0.25) is 5.02 Å². The zero-order valence-corrected chi connectivity index (χ0v) is 12.7. The predicted octanol–water partition coefficient (Wildman–Crippen LogP) is 3.47. The van der Waals surface area contributed by atoms with Crippen LogP contribution in [0, 0.1) is 18.6 Å². The summed E-state index contributed by atoms with van der Waals surface area (Å²) in [5.74, 6) is -2.18. The van der Waals surface area contributed by atoms with Crippen molar-refractivity contribution in [1.82, 2.24) is 4.72 Å². The molecule has 0 atom stereocenters. The van der Waals surface area contributed by atoms with E-state index in [4.69, 9.17) is 11.6 Å². The number of hydrogen-bond acceptors (Lipinski definition) is 3. The molecule has 1 aromatic heterocycles. The molecule has 0 saturated heterocycles. The van der Waals surface area contributed by atoms with Gasteiger partial charge < -0.3 is 0 Å². The topological polar surface area (TPSA) is 46.2 Å². The summed E-state index contributed by atoms with van der Waals surface area (Å²) in [6, 6.07) is 1.21. The standard InChI is InChI=1S/C12H10ClF2NO2S2/c1-7-5-19-6-8(7)4-16-20(17,18)12-2-9(13)10(14)3-11(12)15/h2-3,5-6,16H,4H2,1H3. The first-order valence-electron chi connectivity index (χ1n) is 5.47. The number of benzene rings is 1. The Hall–Kier alpha value is -1.02. The second kappa shape index (κ2) is 5.77. The molecule has 0 unspecified atom stereocenters. The fraction of sp³-hybridized carbons (Fsp3) is 0.167. The van der Waals surface area contributed by atoms with Crippen molar-refractivity contribution in [3.63, 3.8) is 0 Å². The quantitative estimate of drug-likeness (QED) is 0.868. The number of sulfonamides is 1. The maximum Gasteiger partial charge on any atom is 0.243 e. The minimum absolute atomic E-state index is 0.0338. The van der Waals surface area contributed by atoms with E-state index >= 15 is 0 Å². The van der Waals surface area contributed by atoms with Crippen LogP contribution in [0.15, 0.2) is 27.8 Å². The maximum atomic E-state index is 13.6. The highest BCUT2D eigenvalue weighted by Crippen LogP contribution is 2.23. The van der Waals surface area contributed by atoms with Crippen LogP contribution >= 0.6 is 22.9 Å². The summed E-state index contributed by atoms with van der Waals surface area (Å²) in [6.45, 7) is 1.88. The number of rotatable bonds is 4. The Bertz CT molecular complexity index is 744. The molecule has 0 saturated carbocycles. The summed E-state index contributed by atoms with van der Waals surface area (Å²) in [4.78, 5) is -0.670. The number of nitrogens with one attached hydrogen (secondary N) is 1. The van der Waals surface area contributed by atoms with Crippen LogP contribution < -0.4 is 4.72 Å². The smallest absolute Gasteiger partial charge is 0.207 e. The van der Waals surface area contributed by atoms with Crippen molar-refractivity contribution >= 4 is 33.0 Å². The van der Waals surface area contributed by atoms with Crippen LogP contribution in [0.3, 0.4) is 0 Å². The van der Waals surface area contributed by atoms with Gasteiger partial charge in [-0.15, -0.1) is 0 Å². The molecule has 2 aromatic rings. The third-order valence-corrected chi connectivity index (χ3v) is 5.29. The van der Waals surface area contributed by atoms with E-state index in [2.05, 4.69) is 4.72 Å². The van der Waals surface area contributed by atoms with Gasteiger partial charge in [-0.3, -0.25) is 0 Å². The molecule has 2 rings (SSSR count). The SMILES string of the molecule is Cc1cscc1CNS(=O)(=O)c1cc(Cl)c(F)cc1F. The van der Waals surface area contributed by atoms with Gasteiger partial charge in [-0.1, -0.05) is 11.6 Å². The first-order chi connectivity index (χ1) is 9.31. The number of hydrogen-bond donors (Lipinski definition) is 1. The van der Waals surface area contributed by atoms with Crippen molar-refractivity contribution in [2.24, 2.45) is 0 Å². The zero-order chi connectivity index (χ0) is 14.9. The molecule has 0 aliphatic rings. The van der Waals surface area contributed by atoms with E-state index in [1.807, 2.05) is 12.3 Å². The monoisotopic (exact) mass is 337 g/mol. The Morgan fingerprint density at radius 2 is 1.95 bits per heavy atom. The van der Waals surface area contributed by atoms with E-state index in [9.17, 15) is 17.2 Å². The zero-order valence-electron chi connectivity index (χ0n) is 10.3. The van der Waals surface area contributed by atoms with E-state index in [0.29, 0.717) is 6.07 Å².